The Kier molecular flexibility index (Phi) is 11.9. The number of nitrogens with one attached hydrogen (secondary N) is 3. The first-order chi connectivity index (χ1) is 14.7. The lowest BCUT2D eigenvalue weighted by molar-refractivity contribution is -0.144. The standard InChI is InChI=1S/C17H27N5O10/c1-7(18)14(28)20-8(2-4-11(19)23)15(29)22-10(6-13(26)27)16(30)21-9(17(31)32)3-5-12(24)25/h7-10H,2-6,18H2,1H3,(H2,19,23)(H,20,28)(H,21,30)(H,22,29)(H,24,25)(H,26,27)(H,31,32). The van der Waals surface area contributed by atoms with Gasteiger partial charge in [0.1, 0.15) is 18.1 Å². The van der Waals surface area contributed by atoms with Crippen LogP contribution in [0.2, 0.25) is 0 Å². The summed E-state index contributed by atoms with van der Waals surface area (Å²) in [5, 5.41) is 33.1. The van der Waals surface area contributed by atoms with E-state index < -0.39 is 85.0 Å². The van der Waals surface area contributed by atoms with Crippen molar-refractivity contribution in [1.82, 2.24) is 16.0 Å². The summed E-state index contributed by atoms with van der Waals surface area (Å²) < 4.78 is 0. The number of hydrogen-bond donors (Lipinski definition) is 8. The Bertz CT molecular complexity index is 754. The zero-order chi connectivity index (χ0) is 25.0. The largest absolute Gasteiger partial charge is 0.481 e. The first-order valence-corrected chi connectivity index (χ1v) is 9.36. The van der Waals surface area contributed by atoms with Gasteiger partial charge >= 0.3 is 17.9 Å². The molecule has 180 valence electrons. The van der Waals surface area contributed by atoms with Gasteiger partial charge in [0.15, 0.2) is 0 Å². The molecule has 0 aliphatic rings. The lowest BCUT2D eigenvalue weighted by Gasteiger charge is -2.24. The molecule has 0 rings (SSSR count). The van der Waals surface area contributed by atoms with Crippen molar-refractivity contribution in [2.45, 2.75) is 63.2 Å². The van der Waals surface area contributed by atoms with Gasteiger partial charge in [0.25, 0.3) is 0 Å². The van der Waals surface area contributed by atoms with E-state index in [-0.39, 0.29) is 12.8 Å². The molecule has 0 saturated heterocycles. The van der Waals surface area contributed by atoms with Crippen molar-refractivity contribution in [1.29, 1.82) is 0 Å². The normalized spacial score (nSPS) is 14.2. The van der Waals surface area contributed by atoms with Crippen LogP contribution in [0.3, 0.4) is 0 Å². The predicted molar refractivity (Wildman–Crippen MR) is 105 cm³/mol. The monoisotopic (exact) mass is 461 g/mol. The van der Waals surface area contributed by atoms with Crippen LogP contribution in [0.4, 0.5) is 0 Å². The highest BCUT2D eigenvalue weighted by Crippen LogP contribution is 2.04. The molecule has 0 fully saturated rings. The average molecular weight is 461 g/mol. The van der Waals surface area contributed by atoms with E-state index in [4.69, 9.17) is 26.8 Å². The summed E-state index contributed by atoms with van der Waals surface area (Å²) in [6.07, 6.45) is -2.64. The highest BCUT2D eigenvalue weighted by Gasteiger charge is 2.31. The first kappa shape index (κ1) is 28.2. The zero-order valence-electron chi connectivity index (χ0n) is 17.2. The Hall–Kier alpha value is -3.75. The molecular weight excluding hydrogens is 434 g/mol. The van der Waals surface area contributed by atoms with E-state index in [1.807, 2.05) is 5.32 Å². The molecule has 0 saturated carbocycles. The molecule has 4 amide bonds. The van der Waals surface area contributed by atoms with Crippen LogP contribution in [0.15, 0.2) is 0 Å². The van der Waals surface area contributed by atoms with Crippen molar-refractivity contribution in [2.24, 2.45) is 11.5 Å². The van der Waals surface area contributed by atoms with Gasteiger partial charge in [-0.3, -0.25) is 28.8 Å². The van der Waals surface area contributed by atoms with Gasteiger partial charge in [0.2, 0.25) is 23.6 Å². The third-order valence-electron chi connectivity index (χ3n) is 4.00. The highest BCUT2D eigenvalue weighted by molar-refractivity contribution is 5.95. The molecule has 0 aliphatic carbocycles. The molecule has 0 aromatic carbocycles. The van der Waals surface area contributed by atoms with Crippen LogP contribution in [0.1, 0.15) is 39.0 Å². The van der Waals surface area contributed by atoms with Crippen LogP contribution in [0.25, 0.3) is 0 Å². The number of primary amides is 1. The smallest absolute Gasteiger partial charge is 0.326 e. The third-order valence-corrected chi connectivity index (χ3v) is 4.00. The summed E-state index contributed by atoms with van der Waals surface area (Å²) in [5.41, 5.74) is 10.4. The molecule has 0 radical (unpaired) electrons. The van der Waals surface area contributed by atoms with Crippen LogP contribution >= 0.6 is 0 Å². The number of carbonyl (C=O) groups excluding carboxylic acids is 4. The number of nitrogens with two attached hydrogens (primary N) is 2. The van der Waals surface area contributed by atoms with Crippen molar-refractivity contribution in [3.8, 4) is 0 Å². The Morgan fingerprint density at radius 1 is 0.719 bits per heavy atom. The van der Waals surface area contributed by atoms with Crippen LogP contribution in [-0.4, -0.2) is 81.0 Å². The molecule has 0 aromatic rings. The van der Waals surface area contributed by atoms with Crippen molar-refractivity contribution < 1.29 is 48.9 Å². The molecule has 10 N–H and O–H groups in total. The second kappa shape index (κ2) is 13.5. The molecular formula is C17H27N5O10. The Morgan fingerprint density at radius 2 is 1.19 bits per heavy atom. The minimum Gasteiger partial charge on any atom is -0.481 e. The molecule has 4 atom stereocenters. The van der Waals surface area contributed by atoms with Gasteiger partial charge in [-0.25, -0.2) is 4.79 Å². The maximum absolute atomic E-state index is 12.6. The van der Waals surface area contributed by atoms with Gasteiger partial charge in [-0.1, -0.05) is 0 Å². The van der Waals surface area contributed by atoms with Crippen molar-refractivity contribution in [3.63, 3.8) is 0 Å². The van der Waals surface area contributed by atoms with Gasteiger partial charge in [0.05, 0.1) is 12.5 Å². The van der Waals surface area contributed by atoms with Crippen molar-refractivity contribution >= 4 is 41.5 Å². The lowest BCUT2D eigenvalue weighted by atomic mass is 10.1. The Balaban J connectivity index is 5.49. The van der Waals surface area contributed by atoms with Crippen LogP contribution in [0.5, 0.6) is 0 Å². The fraction of sp³-hybridized carbons (Fsp3) is 0.588. The van der Waals surface area contributed by atoms with E-state index in [0.717, 1.165) is 0 Å². The minimum atomic E-state index is -1.77. The molecule has 15 heteroatoms. The van der Waals surface area contributed by atoms with Gasteiger partial charge in [-0.2, -0.15) is 0 Å². The van der Waals surface area contributed by atoms with Gasteiger partial charge in [0, 0.05) is 12.8 Å². The van der Waals surface area contributed by atoms with Crippen molar-refractivity contribution in [2.75, 3.05) is 0 Å². The van der Waals surface area contributed by atoms with E-state index in [0.29, 0.717) is 0 Å². The van der Waals surface area contributed by atoms with E-state index in [2.05, 4.69) is 10.6 Å². The number of carbonyl (C=O) groups is 7. The zero-order valence-corrected chi connectivity index (χ0v) is 17.2. The summed E-state index contributed by atoms with van der Waals surface area (Å²) in [5.74, 6) is -8.21. The number of carboxylic acid groups (broad SMARTS) is 3. The number of aliphatic carboxylic acids is 3. The van der Waals surface area contributed by atoms with Crippen molar-refractivity contribution in [3.05, 3.63) is 0 Å². The second-order valence-electron chi connectivity index (χ2n) is 6.85. The second-order valence-corrected chi connectivity index (χ2v) is 6.85. The maximum Gasteiger partial charge on any atom is 0.326 e. The van der Waals surface area contributed by atoms with Crippen LogP contribution < -0.4 is 27.4 Å². The van der Waals surface area contributed by atoms with E-state index >= 15 is 0 Å². The molecule has 4 unspecified atom stereocenters. The summed E-state index contributed by atoms with van der Waals surface area (Å²) in [4.78, 5) is 80.8. The van der Waals surface area contributed by atoms with Gasteiger partial charge in [-0.05, 0) is 19.8 Å². The fourth-order valence-electron chi connectivity index (χ4n) is 2.31. The SMILES string of the molecule is CC(N)C(=O)NC(CCC(N)=O)C(=O)NC(CC(=O)O)C(=O)NC(CCC(=O)O)C(=O)O. The summed E-state index contributed by atoms with van der Waals surface area (Å²) >= 11 is 0. The van der Waals surface area contributed by atoms with E-state index in [9.17, 15) is 33.6 Å². The Labute approximate surface area is 181 Å². The minimum absolute atomic E-state index is 0.280. The van der Waals surface area contributed by atoms with E-state index in [1.165, 1.54) is 6.92 Å². The number of hydrogen-bond acceptors (Lipinski definition) is 8. The number of amides is 4. The number of rotatable bonds is 15. The fourth-order valence-corrected chi connectivity index (χ4v) is 2.31. The summed E-state index contributed by atoms with van der Waals surface area (Å²) in [6.45, 7) is 1.32. The summed E-state index contributed by atoms with van der Waals surface area (Å²) in [7, 11) is 0. The van der Waals surface area contributed by atoms with Gasteiger partial charge in [-0.15, -0.1) is 0 Å². The predicted octanol–water partition coefficient (Wildman–Crippen LogP) is -3.52. The lowest BCUT2D eigenvalue weighted by Crippen LogP contribution is -2.57. The average Bonchev–Trinajstić information content (AvgIpc) is 2.66. The molecule has 0 aliphatic heterocycles. The molecule has 0 aromatic heterocycles. The molecule has 0 spiro atoms. The number of carboxylic acids is 3. The first-order valence-electron chi connectivity index (χ1n) is 9.36. The maximum atomic E-state index is 12.6. The van der Waals surface area contributed by atoms with Crippen LogP contribution in [-0.2, 0) is 33.6 Å². The molecule has 32 heavy (non-hydrogen) atoms. The molecule has 15 nitrogen and oxygen atoms in total. The molecule has 0 heterocycles. The molecule has 0 bridgehead atoms. The highest BCUT2D eigenvalue weighted by atomic mass is 16.4. The van der Waals surface area contributed by atoms with Crippen LogP contribution in [0, 0.1) is 0 Å². The Morgan fingerprint density at radius 3 is 1.62 bits per heavy atom. The topological polar surface area (TPSA) is 268 Å². The summed E-state index contributed by atoms with van der Waals surface area (Å²) in [6, 6.07) is -5.85. The quantitative estimate of drug-likeness (QED) is 0.118. The van der Waals surface area contributed by atoms with E-state index in [1.54, 1.807) is 0 Å². The van der Waals surface area contributed by atoms with Gasteiger partial charge < -0.3 is 42.7 Å². The third kappa shape index (κ3) is 11.4.